The minimum absolute atomic E-state index is 0.0704. The van der Waals surface area contributed by atoms with E-state index in [2.05, 4.69) is 17.2 Å². The van der Waals surface area contributed by atoms with Gasteiger partial charge in [0, 0.05) is 35.6 Å². The average molecular weight is 293 g/mol. The van der Waals surface area contributed by atoms with Crippen molar-refractivity contribution in [3.05, 3.63) is 76.6 Å². The van der Waals surface area contributed by atoms with Crippen LogP contribution in [0, 0.1) is 10.1 Å². The first-order chi connectivity index (χ1) is 10.7. The van der Waals surface area contributed by atoms with E-state index in [1.54, 1.807) is 18.3 Å². The van der Waals surface area contributed by atoms with Crippen molar-refractivity contribution in [3.63, 3.8) is 0 Å². The Balaban J connectivity index is 2.02. The number of nitrogens with one attached hydrogen (secondary N) is 1. The number of hydrogen-bond donors (Lipinski definition) is 1. The number of nitro benzene ring substituents is 1. The molecule has 3 rings (SSSR count). The molecule has 0 aliphatic heterocycles. The first-order valence-electron chi connectivity index (χ1n) is 6.99. The molecule has 1 aromatic heterocycles. The Bertz CT molecular complexity index is 819. The molecule has 5 nitrogen and oxygen atoms in total. The van der Waals surface area contributed by atoms with E-state index in [1.165, 1.54) is 12.3 Å². The first-order valence-corrected chi connectivity index (χ1v) is 6.99. The Morgan fingerprint density at radius 2 is 1.86 bits per heavy atom. The molecule has 0 fully saturated rings. The molecule has 110 valence electrons. The van der Waals surface area contributed by atoms with Crippen LogP contribution in [0.15, 0.2) is 60.9 Å². The van der Waals surface area contributed by atoms with Gasteiger partial charge >= 0.3 is 0 Å². The molecule has 0 aliphatic rings. The van der Waals surface area contributed by atoms with Crippen LogP contribution in [0.3, 0.4) is 0 Å². The van der Waals surface area contributed by atoms with Gasteiger partial charge in [-0.05, 0) is 24.6 Å². The maximum Gasteiger partial charge on any atom is 0.278 e. The van der Waals surface area contributed by atoms with Gasteiger partial charge in [-0.2, -0.15) is 0 Å². The van der Waals surface area contributed by atoms with E-state index in [9.17, 15) is 10.1 Å². The van der Waals surface area contributed by atoms with Crippen molar-refractivity contribution in [2.75, 3.05) is 5.32 Å². The topological polar surface area (TPSA) is 68.1 Å². The van der Waals surface area contributed by atoms with Crippen LogP contribution in [0.1, 0.15) is 18.5 Å². The van der Waals surface area contributed by atoms with E-state index in [1.807, 2.05) is 30.3 Å². The molecule has 0 radical (unpaired) electrons. The highest BCUT2D eigenvalue weighted by molar-refractivity contribution is 5.99. The van der Waals surface area contributed by atoms with Crippen molar-refractivity contribution in [2.45, 2.75) is 13.0 Å². The van der Waals surface area contributed by atoms with E-state index >= 15 is 0 Å². The molecular formula is C17H15N3O2. The zero-order valence-electron chi connectivity index (χ0n) is 12.1. The number of rotatable bonds is 4. The van der Waals surface area contributed by atoms with Gasteiger partial charge in [0.15, 0.2) is 0 Å². The van der Waals surface area contributed by atoms with Gasteiger partial charge in [-0.1, -0.05) is 30.3 Å². The van der Waals surface area contributed by atoms with E-state index < -0.39 is 0 Å². The van der Waals surface area contributed by atoms with Crippen LogP contribution in [-0.2, 0) is 0 Å². The molecule has 22 heavy (non-hydrogen) atoms. The van der Waals surface area contributed by atoms with E-state index in [0.717, 1.165) is 16.6 Å². The van der Waals surface area contributed by atoms with Crippen molar-refractivity contribution in [3.8, 4) is 0 Å². The van der Waals surface area contributed by atoms with E-state index in [-0.39, 0.29) is 16.7 Å². The number of non-ortho nitro benzene ring substituents is 1. The van der Waals surface area contributed by atoms with Crippen LogP contribution in [-0.4, -0.2) is 9.91 Å². The molecule has 3 aromatic rings. The van der Waals surface area contributed by atoms with Gasteiger partial charge in [0.2, 0.25) is 0 Å². The fourth-order valence-electron chi connectivity index (χ4n) is 2.52. The molecule has 0 bridgehead atoms. The lowest BCUT2D eigenvalue weighted by molar-refractivity contribution is -0.383. The maximum absolute atomic E-state index is 11.1. The third-order valence-corrected chi connectivity index (χ3v) is 3.66. The summed E-state index contributed by atoms with van der Waals surface area (Å²) in [6, 6.07) is 15.2. The van der Waals surface area contributed by atoms with Crippen LogP contribution in [0.25, 0.3) is 10.8 Å². The van der Waals surface area contributed by atoms with E-state index in [4.69, 9.17) is 0 Å². The minimum atomic E-state index is -0.381. The molecule has 2 aromatic carbocycles. The van der Waals surface area contributed by atoms with Gasteiger partial charge in [-0.25, -0.2) is 0 Å². The number of nitrogens with zero attached hydrogens (tertiary/aromatic N) is 2. The molecule has 0 aliphatic carbocycles. The van der Waals surface area contributed by atoms with Crippen LogP contribution < -0.4 is 5.32 Å². The van der Waals surface area contributed by atoms with Crippen molar-refractivity contribution in [1.82, 2.24) is 4.98 Å². The lowest BCUT2D eigenvalue weighted by Crippen LogP contribution is -2.07. The van der Waals surface area contributed by atoms with Gasteiger partial charge in [-0.15, -0.1) is 0 Å². The second-order valence-electron chi connectivity index (χ2n) is 5.09. The predicted molar refractivity (Wildman–Crippen MR) is 86.9 cm³/mol. The molecule has 1 N–H and O–H groups in total. The summed E-state index contributed by atoms with van der Waals surface area (Å²) in [6.45, 7) is 2.06. The smallest absolute Gasteiger partial charge is 0.278 e. The Hall–Kier alpha value is -2.95. The number of fused-ring (bicyclic) bond motifs is 1. The molecule has 0 saturated carbocycles. The zero-order valence-corrected chi connectivity index (χ0v) is 12.1. The lowest BCUT2D eigenvalue weighted by Gasteiger charge is -2.17. The molecule has 0 saturated heterocycles. The number of benzene rings is 2. The van der Waals surface area contributed by atoms with Crippen molar-refractivity contribution in [2.24, 2.45) is 0 Å². The standard InChI is InChI=1S/C17H15N3O2/c1-12(13-5-3-2-4-6-13)19-16-7-8-17(20(21)22)15-11-18-10-9-14(15)16/h2-12,19H,1H3. The second-order valence-corrected chi connectivity index (χ2v) is 5.09. The zero-order chi connectivity index (χ0) is 15.5. The van der Waals surface area contributed by atoms with Gasteiger partial charge in [-0.3, -0.25) is 15.1 Å². The summed E-state index contributed by atoms with van der Waals surface area (Å²) in [7, 11) is 0. The number of aromatic nitrogens is 1. The number of anilines is 1. The van der Waals surface area contributed by atoms with Crippen LogP contribution in [0.4, 0.5) is 11.4 Å². The van der Waals surface area contributed by atoms with Gasteiger partial charge in [0.1, 0.15) is 0 Å². The van der Waals surface area contributed by atoms with Crippen molar-refractivity contribution < 1.29 is 4.92 Å². The quantitative estimate of drug-likeness (QED) is 0.574. The molecule has 0 spiro atoms. The normalized spacial score (nSPS) is 12.0. The highest BCUT2D eigenvalue weighted by atomic mass is 16.6. The summed E-state index contributed by atoms with van der Waals surface area (Å²) in [5.74, 6) is 0. The summed E-state index contributed by atoms with van der Waals surface area (Å²) in [5.41, 5.74) is 2.09. The fourth-order valence-corrected chi connectivity index (χ4v) is 2.52. The predicted octanol–water partition coefficient (Wildman–Crippen LogP) is 4.32. The summed E-state index contributed by atoms with van der Waals surface area (Å²) < 4.78 is 0. The summed E-state index contributed by atoms with van der Waals surface area (Å²) in [4.78, 5) is 14.7. The van der Waals surface area contributed by atoms with Gasteiger partial charge in [0.05, 0.1) is 10.3 Å². The highest BCUT2D eigenvalue weighted by Crippen LogP contribution is 2.32. The number of hydrogen-bond acceptors (Lipinski definition) is 4. The van der Waals surface area contributed by atoms with Crippen LogP contribution >= 0.6 is 0 Å². The van der Waals surface area contributed by atoms with Crippen LogP contribution in [0.2, 0.25) is 0 Å². The maximum atomic E-state index is 11.1. The Kier molecular flexibility index (Phi) is 3.70. The number of pyridine rings is 1. The summed E-state index contributed by atoms with van der Waals surface area (Å²) in [5, 5.41) is 15.9. The molecule has 1 atom stereocenters. The molecule has 1 heterocycles. The number of nitro groups is 1. The van der Waals surface area contributed by atoms with E-state index in [0.29, 0.717) is 5.39 Å². The largest absolute Gasteiger partial charge is 0.378 e. The second kappa shape index (κ2) is 5.81. The Morgan fingerprint density at radius 3 is 2.59 bits per heavy atom. The van der Waals surface area contributed by atoms with Crippen molar-refractivity contribution >= 4 is 22.1 Å². The average Bonchev–Trinajstić information content (AvgIpc) is 2.55. The lowest BCUT2D eigenvalue weighted by atomic mass is 10.1. The Labute approximate surface area is 127 Å². The summed E-state index contributed by atoms with van der Waals surface area (Å²) in [6.07, 6.45) is 3.18. The third-order valence-electron chi connectivity index (χ3n) is 3.66. The van der Waals surface area contributed by atoms with Crippen LogP contribution in [0.5, 0.6) is 0 Å². The summed E-state index contributed by atoms with van der Waals surface area (Å²) >= 11 is 0. The van der Waals surface area contributed by atoms with Gasteiger partial charge < -0.3 is 5.32 Å². The highest BCUT2D eigenvalue weighted by Gasteiger charge is 2.15. The third kappa shape index (κ3) is 2.61. The monoisotopic (exact) mass is 293 g/mol. The molecule has 0 amide bonds. The van der Waals surface area contributed by atoms with Crippen molar-refractivity contribution in [1.29, 1.82) is 0 Å². The minimum Gasteiger partial charge on any atom is -0.378 e. The SMILES string of the molecule is CC(Nc1ccc([N+](=O)[O-])c2cnccc12)c1ccccc1. The van der Waals surface area contributed by atoms with Gasteiger partial charge in [0.25, 0.3) is 5.69 Å². The Morgan fingerprint density at radius 1 is 1.09 bits per heavy atom. The fraction of sp³-hybridized carbons (Fsp3) is 0.118. The first kappa shape index (κ1) is 14.0. The molecule has 1 unspecified atom stereocenters. The molecular weight excluding hydrogens is 278 g/mol. The molecule has 5 heteroatoms.